The van der Waals surface area contributed by atoms with Crippen molar-refractivity contribution in [1.82, 2.24) is 19.5 Å². The minimum absolute atomic E-state index is 0.0958. The van der Waals surface area contributed by atoms with Gasteiger partial charge in [0.05, 0.1) is 31.0 Å². The van der Waals surface area contributed by atoms with Gasteiger partial charge in [0, 0.05) is 34.8 Å². The molecule has 3 aromatic carbocycles. The summed E-state index contributed by atoms with van der Waals surface area (Å²) >= 11 is 0. The molecule has 258 valence electrons. The van der Waals surface area contributed by atoms with Gasteiger partial charge in [-0.3, -0.25) is 14.5 Å². The summed E-state index contributed by atoms with van der Waals surface area (Å²) < 4.78 is 2.14. The molecule has 0 aliphatic rings. The highest BCUT2D eigenvalue weighted by Crippen LogP contribution is 2.44. The van der Waals surface area contributed by atoms with Crippen LogP contribution >= 0.6 is 0 Å². The van der Waals surface area contributed by atoms with Gasteiger partial charge in [-0.15, -0.1) is 0 Å². The summed E-state index contributed by atoms with van der Waals surface area (Å²) in [6, 6.07) is 25.7. The molecule has 5 nitrogen and oxygen atoms in total. The maximum Gasteiger partial charge on any atom is 0.149 e. The van der Waals surface area contributed by atoms with Crippen molar-refractivity contribution in [3.63, 3.8) is 0 Å². The fourth-order valence-corrected chi connectivity index (χ4v) is 7.44. The number of phenols is 1. The van der Waals surface area contributed by atoms with Gasteiger partial charge in [-0.1, -0.05) is 118 Å². The predicted molar refractivity (Wildman–Crippen MR) is 214 cm³/mol. The first-order chi connectivity index (χ1) is 23.2. The van der Waals surface area contributed by atoms with Crippen LogP contribution in [0, 0.1) is 0 Å². The van der Waals surface area contributed by atoms with Crippen molar-refractivity contribution in [3.8, 4) is 45.2 Å². The lowest BCUT2D eigenvalue weighted by Crippen LogP contribution is -2.37. The van der Waals surface area contributed by atoms with Crippen LogP contribution in [-0.2, 0) is 16.2 Å². The third-order valence-electron chi connectivity index (χ3n) is 9.64. The van der Waals surface area contributed by atoms with Crippen LogP contribution in [0.1, 0.15) is 79.0 Å². The Bertz CT molecular complexity index is 2190. The van der Waals surface area contributed by atoms with E-state index in [1.54, 1.807) is 0 Å². The number of benzene rings is 3. The predicted octanol–water partition coefficient (Wildman–Crippen LogP) is 11.0. The summed E-state index contributed by atoms with van der Waals surface area (Å²) in [6.07, 6.45) is 5.88. The highest BCUT2D eigenvalue weighted by molar-refractivity contribution is 6.88. The van der Waals surface area contributed by atoms with E-state index < -0.39 is 8.07 Å². The second kappa shape index (κ2) is 12.3. The topological polar surface area (TPSA) is 63.8 Å². The maximum absolute atomic E-state index is 12.0. The first-order valence-electron chi connectivity index (χ1n) is 17.7. The summed E-state index contributed by atoms with van der Waals surface area (Å²) in [4.78, 5) is 15.2. The molecule has 3 aromatic heterocycles. The van der Waals surface area contributed by atoms with Crippen molar-refractivity contribution in [1.29, 1.82) is 0 Å². The molecule has 0 atom stereocenters. The number of pyridine rings is 2. The second-order valence-electron chi connectivity index (χ2n) is 17.8. The van der Waals surface area contributed by atoms with Gasteiger partial charge in [0.2, 0.25) is 0 Å². The minimum Gasteiger partial charge on any atom is -0.507 e. The molecule has 6 heteroatoms. The van der Waals surface area contributed by atoms with Gasteiger partial charge in [0.15, 0.2) is 0 Å². The molecule has 0 spiro atoms. The molecule has 0 radical (unpaired) electrons. The van der Waals surface area contributed by atoms with E-state index in [2.05, 4.69) is 147 Å². The van der Waals surface area contributed by atoms with E-state index in [0.717, 1.165) is 50.2 Å². The van der Waals surface area contributed by atoms with Crippen LogP contribution in [0.2, 0.25) is 19.6 Å². The Morgan fingerprint density at radius 2 is 1.28 bits per heavy atom. The highest BCUT2D eigenvalue weighted by atomic mass is 28.3. The zero-order valence-electron chi connectivity index (χ0n) is 31.9. The first kappa shape index (κ1) is 35.3. The number of hydrogen-bond acceptors (Lipinski definition) is 4. The number of fused-ring (bicyclic) bond motifs is 1. The van der Waals surface area contributed by atoms with Crippen LogP contribution in [-0.4, -0.2) is 32.7 Å². The largest absolute Gasteiger partial charge is 0.507 e. The van der Waals surface area contributed by atoms with E-state index in [4.69, 9.17) is 15.0 Å². The first-order valence-corrected chi connectivity index (χ1v) is 21.2. The molecule has 0 bridgehead atoms. The molecule has 0 unspecified atom stereocenters. The summed E-state index contributed by atoms with van der Waals surface area (Å²) in [5, 5.41) is 13.4. The number of aromatic hydroxyl groups is 1. The van der Waals surface area contributed by atoms with E-state index in [1.165, 1.54) is 10.8 Å². The Labute approximate surface area is 299 Å². The number of nitrogens with zero attached hydrogens (tertiary/aromatic N) is 4. The zero-order valence-corrected chi connectivity index (χ0v) is 32.9. The number of phenolic OH excluding ortho intramolecular Hbond substituents is 1. The molecule has 6 aromatic rings. The maximum atomic E-state index is 12.0. The van der Waals surface area contributed by atoms with Crippen LogP contribution in [0.3, 0.4) is 0 Å². The lowest BCUT2D eigenvalue weighted by Gasteiger charge is -2.27. The lowest BCUT2D eigenvalue weighted by atomic mass is 9.79. The van der Waals surface area contributed by atoms with E-state index in [1.807, 2.05) is 30.6 Å². The molecule has 50 heavy (non-hydrogen) atoms. The van der Waals surface area contributed by atoms with Gasteiger partial charge in [-0.05, 0) is 74.5 Å². The molecule has 0 aliphatic carbocycles. The van der Waals surface area contributed by atoms with Crippen LogP contribution < -0.4 is 5.19 Å². The highest BCUT2D eigenvalue weighted by Gasteiger charge is 2.29. The lowest BCUT2D eigenvalue weighted by molar-refractivity contribution is 0.446. The van der Waals surface area contributed by atoms with Gasteiger partial charge in [0.1, 0.15) is 17.1 Å². The molecule has 6 rings (SSSR count). The number of aromatic nitrogens is 4. The van der Waals surface area contributed by atoms with Crippen molar-refractivity contribution in [3.05, 3.63) is 108 Å². The van der Waals surface area contributed by atoms with Crippen molar-refractivity contribution in [2.45, 2.75) is 98.2 Å². The average molecular weight is 681 g/mol. The number of imidazole rings is 1. The molecule has 3 heterocycles. The average Bonchev–Trinajstić information content (AvgIpc) is 3.43. The Balaban J connectivity index is 1.66. The summed E-state index contributed by atoms with van der Waals surface area (Å²) in [5.41, 5.74) is 10.1. The SMILES string of the molecule is CC(C)(C)c1cc(-c2ccc([Si](C)(C)C)cn2)cc(-c2cncc3c2nc(-c2cc(C(C)(C)C)cc(C(C)(C)C)c2O)n3-c2ccccc2)c1. The Kier molecular flexibility index (Phi) is 8.71. The third kappa shape index (κ3) is 6.78. The van der Waals surface area contributed by atoms with E-state index >= 15 is 0 Å². The standard InChI is InChI=1S/C44H52N4OSi/c1-42(2,3)30-21-28(20-29(22-30)37-19-18-33(25-46-37)50(10,11)12)35-26-45-27-38-39(35)47-41(48(38)32-16-14-13-15-17-32)34-23-31(43(4,5)6)24-36(40(34)49)44(7,8)9/h13-27,49H,1-12H3. The van der Waals surface area contributed by atoms with Gasteiger partial charge >= 0.3 is 0 Å². The molecular formula is C44H52N4OSi. The fourth-order valence-electron chi connectivity index (χ4n) is 6.41. The molecule has 1 N–H and O–H groups in total. The van der Waals surface area contributed by atoms with Crippen molar-refractivity contribution >= 4 is 24.3 Å². The van der Waals surface area contributed by atoms with Crippen molar-refractivity contribution in [2.75, 3.05) is 0 Å². The number of rotatable bonds is 5. The van der Waals surface area contributed by atoms with Crippen LogP contribution in [0.4, 0.5) is 0 Å². The Morgan fingerprint density at radius 1 is 0.640 bits per heavy atom. The quantitative estimate of drug-likeness (QED) is 0.184. The van der Waals surface area contributed by atoms with Gasteiger partial charge in [0.25, 0.3) is 0 Å². The van der Waals surface area contributed by atoms with E-state index in [9.17, 15) is 5.11 Å². The van der Waals surface area contributed by atoms with Gasteiger partial charge < -0.3 is 5.11 Å². The van der Waals surface area contributed by atoms with Crippen molar-refractivity contribution < 1.29 is 5.11 Å². The summed E-state index contributed by atoms with van der Waals surface area (Å²) in [6.45, 7) is 26.9. The summed E-state index contributed by atoms with van der Waals surface area (Å²) in [7, 11) is -1.48. The van der Waals surface area contributed by atoms with Crippen LogP contribution in [0.5, 0.6) is 5.75 Å². The molecule has 0 saturated heterocycles. The Hall–Kier alpha value is -4.55. The van der Waals surface area contributed by atoms with Crippen LogP contribution in [0.15, 0.2) is 91.4 Å². The molecule has 0 amide bonds. The van der Waals surface area contributed by atoms with E-state index in [-0.39, 0.29) is 22.0 Å². The second-order valence-corrected chi connectivity index (χ2v) is 22.9. The van der Waals surface area contributed by atoms with E-state index in [0.29, 0.717) is 11.4 Å². The molecule has 0 fully saturated rings. The normalized spacial score (nSPS) is 12.9. The third-order valence-corrected chi connectivity index (χ3v) is 11.7. The fraction of sp³-hybridized carbons (Fsp3) is 0.341. The number of para-hydroxylation sites is 1. The molecule has 0 saturated carbocycles. The monoisotopic (exact) mass is 680 g/mol. The number of hydrogen-bond donors (Lipinski definition) is 1. The van der Waals surface area contributed by atoms with Crippen LogP contribution in [0.25, 0.3) is 50.5 Å². The minimum atomic E-state index is -1.48. The van der Waals surface area contributed by atoms with Gasteiger partial charge in [-0.25, -0.2) is 4.98 Å². The van der Waals surface area contributed by atoms with Gasteiger partial charge in [-0.2, -0.15) is 0 Å². The Morgan fingerprint density at radius 3 is 1.86 bits per heavy atom. The smallest absolute Gasteiger partial charge is 0.149 e. The zero-order chi connectivity index (χ0) is 36.4. The molecular weight excluding hydrogens is 629 g/mol. The molecule has 0 aliphatic heterocycles. The summed E-state index contributed by atoms with van der Waals surface area (Å²) in [5.74, 6) is 0.947. The van der Waals surface area contributed by atoms with Crippen molar-refractivity contribution in [2.24, 2.45) is 0 Å².